The lowest BCUT2D eigenvalue weighted by atomic mass is 9.97. The van der Waals surface area contributed by atoms with E-state index in [1.165, 1.54) is 7.11 Å². The van der Waals surface area contributed by atoms with E-state index in [4.69, 9.17) is 9.47 Å². The van der Waals surface area contributed by atoms with E-state index in [1.54, 1.807) is 18.2 Å². The minimum Gasteiger partial charge on any atom is -0.490 e. The maximum atomic E-state index is 11.1. The first-order valence-electron chi connectivity index (χ1n) is 5.74. The third-order valence-electron chi connectivity index (χ3n) is 3.04. The molecule has 18 heavy (non-hydrogen) atoms. The molecule has 1 N–H and O–H groups in total. The minimum absolute atomic E-state index is 0.0842. The standard InChI is InChI=1S/C12H15NO5/c1-17-10-4-2-3-9(12(10)13(15)16)11-7-8(14)5-6-18-11/h2-4,8,11,14H,5-7H2,1H3. The summed E-state index contributed by atoms with van der Waals surface area (Å²) in [4.78, 5) is 10.7. The molecule has 2 unspecified atom stereocenters. The van der Waals surface area contributed by atoms with Gasteiger partial charge in [0.25, 0.3) is 0 Å². The third-order valence-corrected chi connectivity index (χ3v) is 3.04. The molecule has 0 amide bonds. The van der Waals surface area contributed by atoms with Gasteiger partial charge in [0.05, 0.1) is 29.8 Å². The normalized spacial score (nSPS) is 23.7. The van der Waals surface area contributed by atoms with Crippen molar-refractivity contribution >= 4 is 5.69 Å². The Bertz CT molecular complexity index is 448. The van der Waals surface area contributed by atoms with Crippen molar-refractivity contribution in [1.29, 1.82) is 0 Å². The molecule has 1 heterocycles. The average Bonchev–Trinajstić information content (AvgIpc) is 2.37. The van der Waals surface area contributed by atoms with Gasteiger partial charge in [0.2, 0.25) is 0 Å². The number of methoxy groups -OCH3 is 1. The Labute approximate surface area is 104 Å². The molecule has 98 valence electrons. The average molecular weight is 253 g/mol. The molecule has 0 aliphatic carbocycles. The number of ether oxygens (including phenoxy) is 2. The van der Waals surface area contributed by atoms with Gasteiger partial charge in [-0.05, 0) is 18.6 Å². The van der Waals surface area contributed by atoms with Gasteiger partial charge in [-0.15, -0.1) is 0 Å². The van der Waals surface area contributed by atoms with Crippen LogP contribution in [0.4, 0.5) is 5.69 Å². The molecule has 0 spiro atoms. The Morgan fingerprint density at radius 3 is 2.94 bits per heavy atom. The van der Waals surface area contributed by atoms with Gasteiger partial charge in [-0.1, -0.05) is 6.07 Å². The maximum absolute atomic E-state index is 11.1. The lowest BCUT2D eigenvalue weighted by molar-refractivity contribution is -0.387. The first kappa shape index (κ1) is 12.8. The molecule has 1 saturated heterocycles. The SMILES string of the molecule is COc1cccc(C2CC(O)CCO2)c1[N+](=O)[O-]. The zero-order chi connectivity index (χ0) is 13.1. The fourth-order valence-electron chi connectivity index (χ4n) is 2.16. The van der Waals surface area contributed by atoms with Crippen LogP contribution in [0, 0.1) is 10.1 Å². The van der Waals surface area contributed by atoms with Gasteiger partial charge in [-0.3, -0.25) is 10.1 Å². The molecule has 2 atom stereocenters. The van der Waals surface area contributed by atoms with Crippen LogP contribution in [0.1, 0.15) is 24.5 Å². The summed E-state index contributed by atoms with van der Waals surface area (Å²) in [5.74, 6) is 0.209. The molecule has 6 heteroatoms. The molecule has 0 aromatic heterocycles. The first-order chi connectivity index (χ1) is 8.63. The van der Waals surface area contributed by atoms with Gasteiger partial charge in [-0.25, -0.2) is 0 Å². The summed E-state index contributed by atoms with van der Waals surface area (Å²) >= 11 is 0. The van der Waals surface area contributed by atoms with Crippen LogP contribution in [-0.4, -0.2) is 29.9 Å². The highest BCUT2D eigenvalue weighted by molar-refractivity contribution is 5.53. The number of aliphatic hydroxyl groups is 1. The number of benzene rings is 1. The van der Waals surface area contributed by atoms with Crippen LogP contribution in [0.25, 0.3) is 0 Å². The topological polar surface area (TPSA) is 81.8 Å². The van der Waals surface area contributed by atoms with E-state index in [-0.39, 0.29) is 11.4 Å². The van der Waals surface area contributed by atoms with Crippen LogP contribution in [0.3, 0.4) is 0 Å². The molecule has 0 saturated carbocycles. The van der Waals surface area contributed by atoms with Crippen molar-refractivity contribution in [3.63, 3.8) is 0 Å². The molecular formula is C12H15NO5. The Morgan fingerprint density at radius 1 is 1.56 bits per heavy atom. The lowest BCUT2D eigenvalue weighted by Crippen LogP contribution is -2.24. The highest BCUT2D eigenvalue weighted by Gasteiger charge is 2.30. The maximum Gasteiger partial charge on any atom is 0.316 e. The van der Waals surface area contributed by atoms with Crippen LogP contribution >= 0.6 is 0 Å². The molecular weight excluding hydrogens is 238 g/mol. The Balaban J connectivity index is 2.40. The van der Waals surface area contributed by atoms with Crippen LogP contribution < -0.4 is 4.74 Å². The second-order valence-electron chi connectivity index (χ2n) is 4.19. The summed E-state index contributed by atoms with van der Waals surface area (Å²) in [7, 11) is 1.39. The van der Waals surface area contributed by atoms with Gasteiger partial charge in [0, 0.05) is 13.0 Å². The van der Waals surface area contributed by atoms with Crippen molar-refractivity contribution in [2.24, 2.45) is 0 Å². The van der Waals surface area contributed by atoms with Gasteiger partial charge in [0.1, 0.15) is 0 Å². The van der Waals surface area contributed by atoms with Crippen LogP contribution in [0.5, 0.6) is 5.75 Å². The van der Waals surface area contributed by atoms with Crippen molar-refractivity contribution in [1.82, 2.24) is 0 Å². The van der Waals surface area contributed by atoms with E-state index in [9.17, 15) is 15.2 Å². The van der Waals surface area contributed by atoms with E-state index in [0.717, 1.165) is 0 Å². The number of nitro benzene ring substituents is 1. The molecule has 1 fully saturated rings. The second kappa shape index (κ2) is 5.32. The largest absolute Gasteiger partial charge is 0.490 e. The van der Waals surface area contributed by atoms with E-state index in [0.29, 0.717) is 25.0 Å². The summed E-state index contributed by atoms with van der Waals surface area (Å²) in [6.45, 7) is 0.403. The monoisotopic (exact) mass is 253 g/mol. The van der Waals surface area contributed by atoms with Crippen LogP contribution in [0.2, 0.25) is 0 Å². The van der Waals surface area contributed by atoms with Gasteiger partial charge in [-0.2, -0.15) is 0 Å². The minimum atomic E-state index is -0.477. The Kier molecular flexibility index (Phi) is 3.78. The number of hydrogen-bond acceptors (Lipinski definition) is 5. The number of nitro groups is 1. The highest BCUT2D eigenvalue weighted by atomic mass is 16.6. The number of rotatable bonds is 3. The summed E-state index contributed by atoms with van der Waals surface area (Å²) in [5, 5.41) is 20.7. The fourth-order valence-corrected chi connectivity index (χ4v) is 2.16. The summed E-state index contributed by atoms with van der Waals surface area (Å²) in [6, 6.07) is 4.87. The van der Waals surface area contributed by atoms with Crippen LogP contribution in [-0.2, 0) is 4.74 Å². The zero-order valence-corrected chi connectivity index (χ0v) is 10.0. The van der Waals surface area contributed by atoms with Gasteiger partial charge < -0.3 is 14.6 Å². The highest BCUT2D eigenvalue weighted by Crippen LogP contribution is 2.39. The predicted molar refractivity (Wildman–Crippen MR) is 63.6 cm³/mol. The smallest absolute Gasteiger partial charge is 0.316 e. The summed E-state index contributed by atoms with van der Waals surface area (Å²) in [6.07, 6.45) is 0.00115. The molecule has 1 aromatic rings. The number of hydrogen-bond donors (Lipinski definition) is 1. The predicted octanol–water partition coefficient (Wildman–Crippen LogP) is 1.82. The summed E-state index contributed by atoms with van der Waals surface area (Å²) < 4.78 is 10.5. The second-order valence-corrected chi connectivity index (χ2v) is 4.19. The Morgan fingerprint density at radius 2 is 2.33 bits per heavy atom. The van der Waals surface area contributed by atoms with Crippen molar-refractivity contribution in [3.8, 4) is 5.75 Å². The van der Waals surface area contributed by atoms with E-state index >= 15 is 0 Å². The first-order valence-corrected chi connectivity index (χ1v) is 5.74. The zero-order valence-electron chi connectivity index (χ0n) is 10.0. The van der Waals surface area contributed by atoms with E-state index in [2.05, 4.69) is 0 Å². The molecule has 6 nitrogen and oxygen atoms in total. The van der Waals surface area contributed by atoms with Crippen molar-refractivity contribution < 1.29 is 19.5 Å². The van der Waals surface area contributed by atoms with Crippen molar-refractivity contribution in [2.45, 2.75) is 25.0 Å². The van der Waals surface area contributed by atoms with E-state index in [1.807, 2.05) is 0 Å². The molecule has 1 aliphatic rings. The van der Waals surface area contributed by atoms with Crippen LogP contribution in [0.15, 0.2) is 18.2 Å². The van der Waals surface area contributed by atoms with E-state index < -0.39 is 17.1 Å². The number of para-hydroxylation sites is 1. The molecule has 1 aromatic carbocycles. The number of nitrogens with zero attached hydrogens (tertiary/aromatic N) is 1. The third kappa shape index (κ3) is 2.44. The molecule has 0 radical (unpaired) electrons. The quantitative estimate of drug-likeness (QED) is 0.656. The number of aliphatic hydroxyl groups excluding tert-OH is 1. The lowest BCUT2D eigenvalue weighted by Gasteiger charge is -2.26. The molecule has 0 bridgehead atoms. The molecule has 1 aliphatic heterocycles. The van der Waals surface area contributed by atoms with Gasteiger partial charge in [0.15, 0.2) is 5.75 Å². The summed E-state index contributed by atoms with van der Waals surface area (Å²) in [5.41, 5.74) is 0.372. The van der Waals surface area contributed by atoms with Crippen molar-refractivity contribution in [2.75, 3.05) is 13.7 Å². The Hall–Kier alpha value is -1.66. The van der Waals surface area contributed by atoms with Gasteiger partial charge >= 0.3 is 5.69 Å². The van der Waals surface area contributed by atoms with Crippen molar-refractivity contribution in [3.05, 3.63) is 33.9 Å². The fraction of sp³-hybridized carbons (Fsp3) is 0.500. The molecule has 2 rings (SSSR count).